The Morgan fingerprint density at radius 2 is 2.22 bits per heavy atom. The molecule has 0 bridgehead atoms. The van der Waals surface area contributed by atoms with Crippen LogP contribution in [0.4, 0.5) is 0 Å². The molecule has 0 saturated carbocycles. The summed E-state index contributed by atoms with van der Waals surface area (Å²) in [6, 6.07) is 0. The van der Waals surface area contributed by atoms with Crippen LogP contribution in [0.25, 0.3) is 0 Å². The Morgan fingerprint density at radius 1 is 1.56 bits per heavy atom. The fourth-order valence-corrected chi connectivity index (χ4v) is 0.385. The van der Waals surface area contributed by atoms with Crippen molar-refractivity contribution in [2.24, 2.45) is 0 Å². The maximum Gasteiger partial charge on any atom is 0.146 e. The van der Waals surface area contributed by atoms with Gasteiger partial charge >= 0.3 is 0 Å². The first kappa shape index (κ1) is 8.88. The number of ether oxygens (including phenoxy) is 2. The third kappa shape index (κ3) is 5.76. The molecule has 0 aromatic heterocycles. The topological polar surface area (TPSA) is 38.7 Å². The molecular formula is C6H14O3. The Kier molecular flexibility index (Phi) is 5.93. The standard InChI is InChI=1S/C6H14O3/c1-3-6(7)4-9-5-8-2/h6-7H,3-5H2,1-2H3. The second-order valence-electron chi connectivity index (χ2n) is 1.84. The van der Waals surface area contributed by atoms with Crippen LogP contribution in [0.3, 0.4) is 0 Å². The second-order valence-corrected chi connectivity index (χ2v) is 1.84. The van der Waals surface area contributed by atoms with Crippen molar-refractivity contribution in [3.63, 3.8) is 0 Å². The molecule has 0 aromatic carbocycles. The van der Waals surface area contributed by atoms with Gasteiger partial charge in [0, 0.05) is 7.11 Å². The summed E-state index contributed by atoms with van der Waals surface area (Å²) in [5, 5.41) is 8.90. The van der Waals surface area contributed by atoms with E-state index in [1.54, 1.807) is 7.11 Å². The third-order valence-corrected chi connectivity index (χ3v) is 0.983. The highest BCUT2D eigenvalue weighted by Crippen LogP contribution is 1.89. The van der Waals surface area contributed by atoms with Gasteiger partial charge in [0.05, 0.1) is 12.7 Å². The van der Waals surface area contributed by atoms with E-state index >= 15 is 0 Å². The number of aliphatic hydroxyl groups is 1. The van der Waals surface area contributed by atoms with Crippen molar-refractivity contribution in [1.82, 2.24) is 0 Å². The van der Waals surface area contributed by atoms with Crippen LogP contribution in [-0.2, 0) is 9.47 Å². The maximum absolute atomic E-state index is 8.90. The summed E-state index contributed by atoms with van der Waals surface area (Å²) in [5.74, 6) is 0. The molecule has 1 atom stereocenters. The molecule has 0 spiro atoms. The molecule has 3 nitrogen and oxygen atoms in total. The molecule has 56 valence electrons. The van der Waals surface area contributed by atoms with Crippen LogP contribution >= 0.6 is 0 Å². The molecule has 0 aliphatic rings. The molecule has 1 N–H and O–H groups in total. The highest BCUT2D eigenvalue weighted by Gasteiger charge is 1.97. The maximum atomic E-state index is 8.90. The molecule has 0 aliphatic carbocycles. The van der Waals surface area contributed by atoms with Crippen molar-refractivity contribution >= 4 is 0 Å². The summed E-state index contributed by atoms with van der Waals surface area (Å²) >= 11 is 0. The van der Waals surface area contributed by atoms with Crippen LogP contribution in [0.5, 0.6) is 0 Å². The zero-order chi connectivity index (χ0) is 7.11. The highest BCUT2D eigenvalue weighted by atomic mass is 16.7. The fourth-order valence-electron chi connectivity index (χ4n) is 0.385. The summed E-state index contributed by atoms with van der Waals surface area (Å²) < 4.78 is 9.47. The average Bonchev–Trinajstić information content (AvgIpc) is 1.89. The Bertz CT molecular complexity index is 56.3. The van der Waals surface area contributed by atoms with Crippen molar-refractivity contribution < 1.29 is 14.6 Å². The molecule has 0 saturated heterocycles. The van der Waals surface area contributed by atoms with Crippen LogP contribution in [0.1, 0.15) is 13.3 Å². The van der Waals surface area contributed by atoms with E-state index in [0.717, 1.165) is 6.42 Å². The largest absolute Gasteiger partial charge is 0.391 e. The summed E-state index contributed by atoms with van der Waals surface area (Å²) in [6.45, 7) is 2.53. The highest BCUT2D eigenvalue weighted by molar-refractivity contribution is 4.46. The molecule has 0 amide bonds. The van der Waals surface area contributed by atoms with Crippen LogP contribution < -0.4 is 0 Å². The van der Waals surface area contributed by atoms with Crippen LogP contribution in [0.2, 0.25) is 0 Å². The molecule has 9 heavy (non-hydrogen) atoms. The Balaban J connectivity index is 2.88. The molecule has 0 fully saturated rings. The Hall–Kier alpha value is -0.120. The van der Waals surface area contributed by atoms with E-state index < -0.39 is 0 Å². The number of hydrogen-bond acceptors (Lipinski definition) is 3. The van der Waals surface area contributed by atoms with Gasteiger partial charge in [-0.1, -0.05) is 6.92 Å². The van der Waals surface area contributed by atoms with E-state index in [0.29, 0.717) is 6.61 Å². The van der Waals surface area contributed by atoms with Gasteiger partial charge in [0.2, 0.25) is 0 Å². The second kappa shape index (κ2) is 6.01. The lowest BCUT2D eigenvalue weighted by molar-refractivity contribution is -0.0617. The van der Waals surface area contributed by atoms with E-state index in [9.17, 15) is 0 Å². The van der Waals surface area contributed by atoms with E-state index in [1.807, 2.05) is 6.92 Å². The van der Waals surface area contributed by atoms with Gasteiger partial charge in [-0.05, 0) is 6.42 Å². The van der Waals surface area contributed by atoms with E-state index in [1.165, 1.54) is 0 Å². The summed E-state index contributed by atoms with van der Waals surface area (Å²) in [4.78, 5) is 0. The normalized spacial score (nSPS) is 13.7. The van der Waals surface area contributed by atoms with Gasteiger partial charge in [0.15, 0.2) is 0 Å². The molecule has 0 radical (unpaired) electrons. The first-order valence-corrected chi connectivity index (χ1v) is 3.06. The summed E-state index contributed by atoms with van der Waals surface area (Å²) in [5.41, 5.74) is 0. The van der Waals surface area contributed by atoms with Gasteiger partial charge in [-0.15, -0.1) is 0 Å². The number of rotatable bonds is 5. The number of methoxy groups -OCH3 is 1. The van der Waals surface area contributed by atoms with Crippen molar-refractivity contribution in [1.29, 1.82) is 0 Å². The van der Waals surface area contributed by atoms with Crippen LogP contribution in [0, 0.1) is 0 Å². The lowest BCUT2D eigenvalue weighted by Gasteiger charge is -2.06. The van der Waals surface area contributed by atoms with E-state index in [-0.39, 0.29) is 12.9 Å². The third-order valence-electron chi connectivity index (χ3n) is 0.983. The van der Waals surface area contributed by atoms with Crippen molar-refractivity contribution in [2.45, 2.75) is 19.4 Å². The SMILES string of the molecule is CCC(O)COCOC. The van der Waals surface area contributed by atoms with Gasteiger partial charge in [0.1, 0.15) is 6.79 Å². The molecule has 3 heteroatoms. The van der Waals surface area contributed by atoms with E-state index in [2.05, 4.69) is 4.74 Å². The first-order valence-electron chi connectivity index (χ1n) is 3.06. The lowest BCUT2D eigenvalue weighted by Crippen LogP contribution is -2.14. The van der Waals surface area contributed by atoms with Crippen molar-refractivity contribution in [3.8, 4) is 0 Å². The minimum Gasteiger partial charge on any atom is -0.391 e. The predicted octanol–water partition coefficient (Wildman–Crippen LogP) is 0.378. The molecule has 0 aliphatic heterocycles. The monoisotopic (exact) mass is 134 g/mol. The molecule has 0 aromatic rings. The van der Waals surface area contributed by atoms with Gasteiger partial charge in [-0.25, -0.2) is 0 Å². The quantitative estimate of drug-likeness (QED) is 0.436. The van der Waals surface area contributed by atoms with Crippen molar-refractivity contribution in [3.05, 3.63) is 0 Å². The minimum absolute atomic E-state index is 0.261. The predicted molar refractivity (Wildman–Crippen MR) is 34.1 cm³/mol. The summed E-state index contributed by atoms with van der Waals surface area (Å²) in [7, 11) is 1.55. The lowest BCUT2D eigenvalue weighted by atomic mass is 10.3. The van der Waals surface area contributed by atoms with Gasteiger partial charge in [0.25, 0.3) is 0 Å². The average molecular weight is 134 g/mol. The van der Waals surface area contributed by atoms with Gasteiger partial charge in [-0.3, -0.25) is 0 Å². The fraction of sp³-hybridized carbons (Fsp3) is 1.00. The first-order chi connectivity index (χ1) is 4.31. The zero-order valence-electron chi connectivity index (χ0n) is 5.96. The molecule has 0 heterocycles. The van der Waals surface area contributed by atoms with E-state index in [4.69, 9.17) is 9.84 Å². The molecule has 0 rings (SSSR count). The zero-order valence-corrected chi connectivity index (χ0v) is 5.96. The summed E-state index contributed by atoms with van der Waals surface area (Å²) in [6.07, 6.45) is 0.379. The van der Waals surface area contributed by atoms with Crippen LogP contribution in [-0.4, -0.2) is 31.7 Å². The molecular weight excluding hydrogens is 120 g/mol. The smallest absolute Gasteiger partial charge is 0.146 e. The van der Waals surface area contributed by atoms with Crippen molar-refractivity contribution in [2.75, 3.05) is 20.5 Å². The number of hydrogen-bond donors (Lipinski definition) is 1. The molecule has 1 unspecified atom stereocenters. The number of aliphatic hydroxyl groups excluding tert-OH is 1. The van der Waals surface area contributed by atoms with Crippen LogP contribution in [0.15, 0.2) is 0 Å². The Morgan fingerprint density at radius 3 is 2.67 bits per heavy atom. The van der Waals surface area contributed by atoms with Gasteiger partial charge in [-0.2, -0.15) is 0 Å². The van der Waals surface area contributed by atoms with Gasteiger partial charge < -0.3 is 14.6 Å². The Labute approximate surface area is 55.6 Å². The minimum atomic E-state index is -0.347.